The highest BCUT2D eigenvalue weighted by Crippen LogP contribution is 2.18. The van der Waals surface area contributed by atoms with Crippen molar-refractivity contribution in [3.05, 3.63) is 60.4 Å². The third-order valence-electron chi connectivity index (χ3n) is 3.92. The van der Waals surface area contributed by atoms with E-state index >= 15 is 0 Å². The monoisotopic (exact) mass is 295 g/mol. The van der Waals surface area contributed by atoms with Crippen molar-refractivity contribution in [3.63, 3.8) is 0 Å². The number of ether oxygens (including phenoxy) is 1. The van der Waals surface area contributed by atoms with Crippen molar-refractivity contribution in [3.8, 4) is 5.75 Å². The van der Waals surface area contributed by atoms with Gasteiger partial charge < -0.3 is 14.6 Å². The Hall–Kier alpha value is -2.33. The van der Waals surface area contributed by atoms with Crippen LogP contribution in [-0.4, -0.2) is 23.2 Å². The van der Waals surface area contributed by atoms with Crippen LogP contribution >= 0.6 is 0 Å². The van der Waals surface area contributed by atoms with E-state index in [0.717, 1.165) is 24.4 Å². The van der Waals surface area contributed by atoms with Gasteiger partial charge in [0.2, 0.25) is 0 Å². The van der Waals surface area contributed by atoms with Gasteiger partial charge in [0.15, 0.2) is 0 Å². The van der Waals surface area contributed by atoms with Gasteiger partial charge in [0.05, 0.1) is 24.5 Å². The molecular weight excluding hydrogens is 274 g/mol. The van der Waals surface area contributed by atoms with Crippen LogP contribution in [0.15, 0.2) is 54.9 Å². The average Bonchev–Trinajstić information content (AvgIpc) is 2.98. The van der Waals surface area contributed by atoms with Gasteiger partial charge in [0.1, 0.15) is 5.75 Å². The fourth-order valence-electron chi connectivity index (χ4n) is 2.62. The van der Waals surface area contributed by atoms with E-state index in [1.54, 1.807) is 7.11 Å². The maximum absolute atomic E-state index is 5.28. The van der Waals surface area contributed by atoms with Crippen LogP contribution in [-0.2, 0) is 6.54 Å². The highest BCUT2D eigenvalue weighted by atomic mass is 16.5. The minimum absolute atomic E-state index is 0.282. The number of imidazole rings is 1. The quantitative estimate of drug-likeness (QED) is 0.757. The molecular formula is C18H21N3O. The number of para-hydroxylation sites is 2. The first kappa shape index (κ1) is 14.6. The Morgan fingerprint density at radius 1 is 1.18 bits per heavy atom. The molecule has 1 aromatic heterocycles. The lowest BCUT2D eigenvalue weighted by atomic mass is 10.1. The van der Waals surface area contributed by atoms with Crippen molar-refractivity contribution < 1.29 is 4.74 Å². The molecule has 0 aliphatic heterocycles. The van der Waals surface area contributed by atoms with Crippen LogP contribution in [0.1, 0.15) is 18.5 Å². The Morgan fingerprint density at radius 2 is 2.05 bits per heavy atom. The second kappa shape index (κ2) is 6.62. The maximum atomic E-state index is 5.28. The molecule has 3 rings (SSSR count). The maximum Gasteiger partial charge on any atom is 0.119 e. The summed E-state index contributed by atoms with van der Waals surface area (Å²) < 4.78 is 7.46. The summed E-state index contributed by atoms with van der Waals surface area (Å²) in [6.45, 7) is 3.95. The van der Waals surface area contributed by atoms with Gasteiger partial charge in [-0.05, 0) is 36.8 Å². The van der Waals surface area contributed by atoms with Crippen LogP contribution in [0.5, 0.6) is 5.75 Å². The molecule has 114 valence electrons. The van der Waals surface area contributed by atoms with E-state index in [1.165, 1.54) is 11.1 Å². The van der Waals surface area contributed by atoms with Crippen LogP contribution in [0.4, 0.5) is 0 Å². The molecule has 0 spiro atoms. The molecule has 2 aromatic carbocycles. The largest absolute Gasteiger partial charge is 0.497 e. The Kier molecular flexibility index (Phi) is 4.39. The number of nitrogens with one attached hydrogen (secondary N) is 1. The molecule has 0 unspecified atom stereocenters. The van der Waals surface area contributed by atoms with Crippen molar-refractivity contribution in [2.45, 2.75) is 19.5 Å². The lowest BCUT2D eigenvalue weighted by Crippen LogP contribution is -2.23. The van der Waals surface area contributed by atoms with E-state index in [-0.39, 0.29) is 6.04 Å². The minimum atomic E-state index is 0.282. The summed E-state index contributed by atoms with van der Waals surface area (Å²) in [5.74, 6) is 0.895. The first-order chi connectivity index (χ1) is 10.8. The minimum Gasteiger partial charge on any atom is -0.497 e. The Balaban J connectivity index is 1.60. The van der Waals surface area contributed by atoms with Crippen LogP contribution in [0.3, 0.4) is 0 Å². The first-order valence-corrected chi connectivity index (χ1v) is 7.55. The van der Waals surface area contributed by atoms with Crippen LogP contribution < -0.4 is 10.1 Å². The van der Waals surface area contributed by atoms with Crippen molar-refractivity contribution in [1.29, 1.82) is 0 Å². The summed E-state index contributed by atoms with van der Waals surface area (Å²) in [4.78, 5) is 4.42. The molecule has 3 aromatic rings. The third kappa shape index (κ3) is 3.12. The first-order valence-electron chi connectivity index (χ1n) is 7.55. The number of fused-ring (bicyclic) bond motifs is 1. The fraction of sp³-hybridized carbons (Fsp3) is 0.278. The van der Waals surface area contributed by atoms with Crippen molar-refractivity contribution >= 4 is 11.0 Å². The predicted octanol–water partition coefficient (Wildman–Crippen LogP) is 3.40. The van der Waals surface area contributed by atoms with Gasteiger partial charge in [-0.1, -0.05) is 24.3 Å². The molecule has 0 bridgehead atoms. The van der Waals surface area contributed by atoms with E-state index in [1.807, 2.05) is 36.7 Å². The van der Waals surface area contributed by atoms with Gasteiger partial charge in [0.25, 0.3) is 0 Å². The van der Waals surface area contributed by atoms with Gasteiger partial charge in [0, 0.05) is 19.1 Å². The summed E-state index contributed by atoms with van der Waals surface area (Å²) in [6.07, 6.45) is 1.91. The van der Waals surface area contributed by atoms with Crippen molar-refractivity contribution in [1.82, 2.24) is 14.9 Å². The molecule has 4 heteroatoms. The van der Waals surface area contributed by atoms with Gasteiger partial charge in [-0.15, -0.1) is 0 Å². The summed E-state index contributed by atoms with van der Waals surface area (Å²) in [7, 11) is 1.70. The highest BCUT2D eigenvalue weighted by molar-refractivity contribution is 5.74. The number of methoxy groups -OCH3 is 1. The summed E-state index contributed by atoms with van der Waals surface area (Å²) in [6, 6.07) is 16.7. The summed E-state index contributed by atoms with van der Waals surface area (Å²) in [5, 5.41) is 3.55. The molecule has 0 saturated carbocycles. The lowest BCUT2D eigenvalue weighted by molar-refractivity contribution is 0.413. The predicted molar refractivity (Wildman–Crippen MR) is 89.1 cm³/mol. The van der Waals surface area contributed by atoms with E-state index < -0.39 is 0 Å². The zero-order valence-electron chi connectivity index (χ0n) is 13.0. The van der Waals surface area contributed by atoms with Crippen molar-refractivity contribution in [2.24, 2.45) is 0 Å². The topological polar surface area (TPSA) is 39.1 Å². The second-order valence-corrected chi connectivity index (χ2v) is 5.38. The zero-order chi connectivity index (χ0) is 15.4. The fourth-order valence-corrected chi connectivity index (χ4v) is 2.62. The summed E-state index contributed by atoms with van der Waals surface area (Å²) in [5.41, 5.74) is 3.46. The van der Waals surface area contributed by atoms with Gasteiger partial charge in [-0.3, -0.25) is 0 Å². The molecule has 4 nitrogen and oxygen atoms in total. The molecule has 0 saturated heterocycles. The van der Waals surface area contributed by atoms with E-state index in [0.29, 0.717) is 0 Å². The SMILES string of the molecule is COc1cccc([C@@H](C)NCCn2cnc3ccccc32)c1. The number of hydrogen-bond acceptors (Lipinski definition) is 3. The number of nitrogens with zero attached hydrogens (tertiary/aromatic N) is 2. The normalized spacial score (nSPS) is 12.5. The third-order valence-corrected chi connectivity index (χ3v) is 3.92. The van der Waals surface area contributed by atoms with Crippen LogP contribution in [0.25, 0.3) is 11.0 Å². The van der Waals surface area contributed by atoms with E-state index in [2.05, 4.69) is 40.0 Å². The van der Waals surface area contributed by atoms with E-state index in [4.69, 9.17) is 4.74 Å². The van der Waals surface area contributed by atoms with Gasteiger partial charge in [-0.25, -0.2) is 4.98 Å². The number of hydrogen-bond donors (Lipinski definition) is 1. The molecule has 0 fully saturated rings. The van der Waals surface area contributed by atoms with Gasteiger partial charge >= 0.3 is 0 Å². The van der Waals surface area contributed by atoms with Gasteiger partial charge in [-0.2, -0.15) is 0 Å². The standard InChI is InChI=1S/C18H21N3O/c1-14(15-6-5-7-16(12-15)22-2)19-10-11-21-13-20-17-8-3-4-9-18(17)21/h3-9,12-14,19H,10-11H2,1-2H3/t14-/m1/s1. The van der Waals surface area contributed by atoms with Crippen LogP contribution in [0.2, 0.25) is 0 Å². The smallest absolute Gasteiger partial charge is 0.119 e. The Morgan fingerprint density at radius 3 is 2.91 bits per heavy atom. The molecule has 22 heavy (non-hydrogen) atoms. The average molecular weight is 295 g/mol. The molecule has 1 atom stereocenters. The molecule has 0 aliphatic rings. The molecule has 1 heterocycles. The van der Waals surface area contributed by atoms with E-state index in [9.17, 15) is 0 Å². The number of rotatable bonds is 6. The number of aromatic nitrogens is 2. The molecule has 0 radical (unpaired) electrons. The summed E-state index contributed by atoms with van der Waals surface area (Å²) >= 11 is 0. The molecule has 0 aliphatic carbocycles. The lowest BCUT2D eigenvalue weighted by Gasteiger charge is -2.15. The Bertz CT molecular complexity index is 751. The van der Waals surface area contributed by atoms with Crippen molar-refractivity contribution in [2.75, 3.05) is 13.7 Å². The second-order valence-electron chi connectivity index (χ2n) is 5.38. The molecule has 0 amide bonds. The highest BCUT2D eigenvalue weighted by Gasteiger charge is 2.06. The van der Waals surface area contributed by atoms with Crippen LogP contribution in [0, 0.1) is 0 Å². The molecule has 1 N–H and O–H groups in total. The zero-order valence-corrected chi connectivity index (χ0v) is 13.0. The number of benzene rings is 2. The Labute approximate surface area is 130 Å².